The van der Waals surface area contributed by atoms with Gasteiger partial charge in [0.2, 0.25) is 5.91 Å². The second kappa shape index (κ2) is 6.41. The van der Waals surface area contributed by atoms with Crippen LogP contribution >= 0.6 is 23.5 Å². The molecule has 0 atom stereocenters. The van der Waals surface area contributed by atoms with Crippen molar-refractivity contribution in [1.82, 2.24) is 0 Å². The summed E-state index contributed by atoms with van der Waals surface area (Å²) in [6.07, 6.45) is 1.44. The van der Waals surface area contributed by atoms with Crippen molar-refractivity contribution >= 4 is 35.1 Å². The molecular formula is C15H14N2O2S2. The molecule has 0 N–H and O–H groups in total. The minimum Gasteiger partial charge on any atom is -0.618 e. The summed E-state index contributed by atoms with van der Waals surface area (Å²) in [4.78, 5) is 15.4. The van der Waals surface area contributed by atoms with Crippen molar-refractivity contribution < 1.29 is 9.52 Å². The summed E-state index contributed by atoms with van der Waals surface area (Å²) in [6.45, 7) is 0.716. The van der Waals surface area contributed by atoms with Crippen LogP contribution in [0.1, 0.15) is 0 Å². The lowest BCUT2D eigenvalue weighted by Crippen LogP contribution is -2.37. The van der Waals surface area contributed by atoms with Gasteiger partial charge in [0.15, 0.2) is 6.20 Å². The fourth-order valence-corrected chi connectivity index (χ4v) is 3.95. The summed E-state index contributed by atoms with van der Waals surface area (Å²) in [5.41, 5.74) is 0.974. The van der Waals surface area contributed by atoms with Gasteiger partial charge in [0, 0.05) is 29.3 Å². The van der Waals surface area contributed by atoms with Gasteiger partial charge in [-0.3, -0.25) is 4.79 Å². The fraction of sp³-hybridized carbons (Fsp3) is 0.200. The van der Waals surface area contributed by atoms with Crippen molar-refractivity contribution in [1.29, 1.82) is 0 Å². The first-order chi connectivity index (χ1) is 10.3. The molecule has 1 aromatic heterocycles. The lowest BCUT2D eigenvalue weighted by atomic mass is 10.3. The maximum Gasteiger partial charge on any atom is 0.251 e. The molecule has 0 aliphatic carbocycles. The lowest BCUT2D eigenvalue weighted by Gasteiger charge is -2.28. The normalized spacial score (nSPS) is 13.8. The van der Waals surface area contributed by atoms with Gasteiger partial charge in [-0.2, -0.15) is 4.73 Å². The topological polar surface area (TPSA) is 47.2 Å². The predicted molar refractivity (Wildman–Crippen MR) is 85.6 cm³/mol. The molecule has 21 heavy (non-hydrogen) atoms. The molecule has 0 saturated heterocycles. The quantitative estimate of drug-likeness (QED) is 0.496. The van der Waals surface area contributed by atoms with Crippen LogP contribution in [0, 0.1) is 5.21 Å². The molecular weight excluding hydrogens is 304 g/mol. The summed E-state index contributed by atoms with van der Waals surface area (Å²) in [7, 11) is 0. The highest BCUT2D eigenvalue weighted by Crippen LogP contribution is 2.34. The number of fused-ring (bicyclic) bond motifs is 1. The van der Waals surface area contributed by atoms with E-state index in [2.05, 4.69) is 0 Å². The summed E-state index contributed by atoms with van der Waals surface area (Å²) >= 11 is 3.05. The van der Waals surface area contributed by atoms with Crippen molar-refractivity contribution in [2.24, 2.45) is 0 Å². The molecule has 2 aromatic rings. The van der Waals surface area contributed by atoms with E-state index in [1.165, 1.54) is 18.0 Å². The van der Waals surface area contributed by atoms with Gasteiger partial charge in [-0.25, -0.2) is 0 Å². The summed E-state index contributed by atoms with van der Waals surface area (Å²) < 4.78 is 0.790. The van der Waals surface area contributed by atoms with Crippen molar-refractivity contribution in [3.05, 3.63) is 53.9 Å². The molecule has 0 spiro atoms. The molecule has 6 heteroatoms. The minimum atomic E-state index is 0.0385. The van der Waals surface area contributed by atoms with Crippen LogP contribution in [0.25, 0.3) is 0 Å². The van der Waals surface area contributed by atoms with Crippen LogP contribution in [0.5, 0.6) is 0 Å². The van der Waals surface area contributed by atoms with Gasteiger partial charge in [-0.15, -0.1) is 11.8 Å². The first kappa shape index (κ1) is 14.3. The number of nitrogens with zero attached hydrogens (tertiary/aromatic N) is 2. The highest BCUT2D eigenvalue weighted by molar-refractivity contribution is 8.00. The number of hydrogen-bond donors (Lipinski definition) is 0. The zero-order valence-electron chi connectivity index (χ0n) is 11.3. The maximum absolute atomic E-state index is 12.4. The Balaban J connectivity index is 1.71. The number of thioether (sulfide) groups is 2. The molecule has 2 heterocycles. The Hall–Kier alpha value is -1.66. The molecule has 108 valence electrons. The third kappa shape index (κ3) is 3.16. The van der Waals surface area contributed by atoms with E-state index < -0.39 is 0 Å². The van der Waals surface area contributed by atoms with Crippen molar-refractivity contribution in [2.45, 2.75) is 9.92 Å². The van der Waals surface area contributed by atoms with E-state index in [9.17, 15) is 10.0 Å². The number of rotatable bonds is 3. The zero-order valence-corrected chi connectivity index (χ0v) is 12.9. The predicted octanol–water partition coefficient (Wildman–Crippen LogP) is 2.55. The SMILES string of the molecule is O=C(CSc1cccc[n+]1[O-])N1CCSc2ccccc21. The smallest absolute Gasteiger partial charge is 0.251 e. The van der Waals surface area contributed by atoms with Crippen LogP contribution in [0.3, 0.4) is 0 Å². The van der Waals surface area contributed by atoms with Crippen molar-refractivity contribution in [2.75, 3.05) is 23.0 Å². The van der Waals surface area contributed by atoms with Gasteiger partial charge in [0.25, 0.3) is 5.03 Å². The van der Waals surface area contributed by atoms with Crippen LogP contribution in [0.2, 0.25) is 0 Å². The second-order valence-electron chi connectivity index (χ2n) is 4.51. The average molecular weight is 318 g/mol. The summed E-state index contributed by atoms with van der Waals surface area (Å²) in [6, 6.07) is 13.1. The van der Waals surface area contributed by atoms with Crippen LogP contribution in [-0.2, 0) is 4.79 Å². The Morgan fingerprint density at radius 3 is 2.95 bits per heavy atom. The summed E-state index contributed by atoms with van der Waals surface area (Å²) in [5, 5.41) is 12.1. The average Bonchev–Trinajstić information content (AvgIpc) is 2.53. The number of benzene rings is 1. The van der Waals surface area contributed by atoms with E-state index >= 15 is 0 Å². The molecule has 0 unspecified atom stereocenters. The second-order valence-corrected chi connectivity index (χ2v) is 6.65. The Kier molecular flexibility index (Phi) is 4.36. The van der Waals surface area contributed by atoms with Gasteiger partial charge < -0.3 is 10.1 Å². The highest BCUT2D eigenvalue weighted by atomic mass is 32.2. The molecule has 0 fully saturated rings. The van der Waals surface area contributed by atoms with E-state index in [1.54, 1.807) is 30.0 Å². The van der Waals surface area contributed by atoms with E-state index in [4.69, 9.17) is 0 Å². The first-order valence-electron chi connectivity index (χ1n) is 6.59. The number of carbonyl (C=O) groups is 1. The number of amides is 1. The number of carbonyl (C=O) groups excluding carboxylic acids is 1. The Morgan fingerprint density at radius 1 is 1.29 bits per heavy atom. The van der Waals surface area contributed by atoms with Crippen molar-refractivity contribution in [3.63, 3.8) is 0 Å². The standard InChI is InChI=1S/C15H14N2O2S2/c18-14(11-21-15-7-3-4-8-17(15)19)16-9-10-20-13-6-2-1-5-12(13)16/h1-8H,9-11H2. The van der Waals surface area contributed by atoms with Gasteiger partial charge in [-0.05, 0) is 30.0 Å². The number of pyridine rings is 1. The zero-order chi connectivity index (χ0) is 14.7. The Morgan fingerprint density at radius 2 is 2.10 bits per heavy atom. The highest BCUT2D eigenvalue weighted by Gasteiger charge is 2.23. The molecule has 0 radical (unpaired) electrons. The van der Waals surface area contributed by atoms with E-state index in [0.717, 1.165) is 21.1 Å². The van der Waals surface area contributed by atoms with Gasteiger partial charge in [0.1, 0.15) is 0 Å². The molecule has 1 aliphatic heterocycles. The van der Waals surface area contributed by atoms with Gasteiger partial charge in [0.05, 0.1) is 11.4 Å². The van der Waals surface area contributed by atoms with Gasteiger partial charge >= 0.3 is 0 Å². The van der Waals surface area contributed by atoms with E-state index in [0.29, 0.717) is 11.6 Å². The largest absolute Gasteiger partial charge is 0.618 e. The Labute approximate surface area is 131 Å². The number of para-hydroxylation sites is 1. The van der Waals surface area contributed by atoms with Crippen LogP contribution < -0.4 is 9.63 Å². The van der Waals surface area contributed by atoms with Crippen LogP contribution in [0.15, 0.2) is 58.6 Å². The number of hydrogen-bond acceptors (Lipinski definition) is 4. The lowest BCUT2D eigenvalue weighted by molar-refractivity contribution is -0.645. The third-order valence-corrected chi connectivity index (χ3v) is 5.21. The maximum atomic E-state index is 12.4. The molecule has 1 amide bonds. The molecule has 0 bridgehead atoms. The molecule has 3 rings (SSSR count). The first-order valence-corrected chi connectivity index (χ1v) is 8.56. The van der Waals surface area contributed by atoms with E-state index in [1.807, 2.05) is 29.2 Å². The molecule has 1 aliphatic rings. The summed E-state index contributed by atoms with van der Waals surface area (Å²) in [5.74, 6) is 1.21. The molecule has 4 nitrogen and oxygen atoms in total. The van der Waals surface area contributed by atoms with Crippen molar-refractivity contribution in [3.8, 4) is 0 Å². The van der Waals surface area contributed by atoms with Crippen LogP contribution in [-0.4, -0.2) is 24.0 Å². The minimum absolute atomic E-state index is 0.0385. The van der Waals surface area contributed by atoms with Crippen LogP contribution in [0.4, 0.5) is 5.69 Å². The third-order valence-electron chi connectivity index (χ3n) is 3.16. The fourth-order valence-electron chi connectivity index (χ4n) is 2.17. The van der Waals surface area contributed by atoms with E-state index in [-0.39, 0.29) is 11.7 Å². The molecule has 1 aromatic carbocycles. The number of anilines is 1. The monoisotopic (exact) mass is 318 g/mol. The Bertz CT molecular complexity index is 664. The van der Waals surface area contributed by atoms with Gasteiger partial charge in [-0.1, -0.05) is 12.1 Å². The number of aromatic nitrogens is 1. The molecule has 0 saturated carbocycles.